The molecule has 1 amide bonds. The van der Waals surface area contributed by atoms with Gasteiger partial charge < -0.3 is 24.3 Å². The molecule has 168 valence electrons. The lowest BCUT2D eigenvalue weighted by atomic mass is 9.94. The monoisotopic (exact) mass is 421 g/mol. The first-order valence-corrected chi connectivity index (χ1v) is 10.4. The lowest BCUT2D eigenvalue weighted by molar-refractivity contribution is -0.155. The van der Waals surface area contributed by atoms with E-state index >= 15 is 0 Å². The molecule has 0 spiro atoms. The van der Waals surface area contributed by atoms with Crippen LogP contribution in [0, 0.1) is 5.92 Å². The Morgan fingerprint density at radius 1 is 1.20 bits per heavy atom. The number of ketones is 1. The number of amides is 1. The third-order valence-electron chi connectivity index (χ3n) is 4.56. The Balaban J connectivity index is 2.27. The largest absolute Gasteiger partial charge is 0.444 e. The first-order chi connectivity index (χ1) is 13.9. The second-order valence-electron chi connectivity index (χ2n) is 9.31. The van der Waals surface area contributed by atoms with Crippen LogP contribution in [0.4, 0.5) is 4.79 Å². The lowest BCUT2D eigenvalue weighted by Gasteiger charge is -2.33. The topological polar surface area (TPSA) is 83.1 Å². The maximum atomic E-state index is 13.1. The minimum Gasteiger partial charge on any atom is -0.444 e. The van der Waals surface area contributed by atoms with Gasteiger partial charge in [0.05, 0.1) is 19.3 Å². The third-order valence-corrected chi connectivity index (χ3v) is 4.56. The third kappa shape index (κ3) is 7.38. The predicted molar refractivity (Wildman–Crippen MR) is 113 cm³/mol. The molecular formula is C23H35NO6. The van der Waals surface area contributed by atoms with Crippen molar-refractivity contribution < 1.29 is 28.5 Å². The van der Waals surface area contributed by atoms with E-state index in [-0.39, 0.29) is 24.9 Å². The smallest absolute Gasteiger partial charge is 0.408 e. The Bertz CT molecular complexity index is 710. The number of hydrogen-bond donors (Lipinski definition) is 1. The van der Waals surface area contributed by atoms with E-state index < -0.39 is 35.7 Å². The first kappa shape index (κ1) is 24.3. The first-order valence-electron chi connectivity index (χ1n) is 10.4. The minimum atomic E-state index is -0.916. The molecule has 7 heteroatoms. The van der Waals surface area contributed by atoms with Crippen molar-refractivity contribution in [3.05, 3.63) is 35.9 Å². The Morgan fingerprint density at radius 2 is 1.83 bits per heavy atom. The van der Waals surface area contributed by atoms with Crippen LogP contribution in [0.15, 0.2) is 30.3 Å². The van der Waals surface area contributed by atoms with Gasteiger partial charge in [0.15, 0.2) is 11.6 Å². The summed E-state index contributed by atoms with van der Waals surface area (Å²) >= 11 is 0. The number of hydrogen-bond acceptors (Lipinski definition) is 6. The van der Waals surface area contributed by atoms with Crippen LogP contribution in [0.1, 0.15) is 54.0 Å². The summed E-state index contributed by atoms with van der Waals surface area (Å²) in [6.45, 7) is 13.0. The molecule has 3 atom stereocenters. The molecule has 1 aromatic rings. The zero-order chi connectivity index (χ0) is 22.5. The van der Waals surface area contributed by atoms with E-state index in [4.69, 9.17) is 18.9 Å². The van der Waals surface area contributed by atoms with Gasteiger partial charge in [0.1, 0.15) is 17.8 Å². The van der Waals surface area contributed by atoms with Crippen molar-refractivity contribution in [2.45, 2.75) is 84.7 Å². The Labute approximate surface area is 179 Å². The van der Waals surface area contributed by atoms with Crippen molar-refractivity contribution in [1.29, 1.82) is 0 Å². The molecule has 0 radical (unpaired) electrons. The number of ether oxygens (including phenoxy) is 4. The van der Waals surface area contributed by atoms with Gasteiger partial charge in [-0.25, -0.2) is 4.79 Å². The van der Waals surface area contributed by atoms with Crippen LogP contribution < -0.4 is 5.32 Å². The van der Waals surface area contributed by atoms with Crippen molar-refractivity contribution in [2.75, 3.05) is 6.61 Å². The minimum absolute atomic E-state index is 0.125. The van der Waals surface area contributed by atoms with Gasteiger partial charge in [0.2, 0.25) is 0 Å². The number of carbonyl (C=O) groups excluding carboxylic acids is 2. The standard InChI is InChI=1S/C23H35NO6/c1-15(2)19(25)20(27-13-16-11-9-8-10-12-16)18(17-14-28-23(6,7)29-17)24-21(26)30-22(3,4)5/h8-12,15,17-18,20H,13-14H2,1-7H3,(H,24,26)/t17-,18+,20-/m1/s1. The highest BCUT2D eigenvalue weighted by Crippen LogP contribution is 2.27. The molecule has 0 aliphatic carbocycles. The number of carbonyl (C=O) groups is 2. The molecule has 0 saturated carbocycles. The molecule has 1 saturated heterocycles. The molecular weight excluding hydrogens is 386 g/mol. The van der Waals surface area contributed by atoms with Crippen LogP contribution in [0.25, 0.3) is 0 Å². The van der Waals surface area contributed by atoms with Crippen LogP contribution in [0.3, 0.4) is 0 Å². The molecule has 1 aromatic carbocycles. The maximum Gasteiger partial charge on any atom is 0.408 e. The Hall–Kier alpha value is -1.96. The van der Waals surface area contributed by atoms with Crippen LogP contribution in [-0.2, 0) is 30.3 Å². The summed E-state index contributed by atoms with van der Waals surface area (Å²) in [5.74, 6) is -1.23. The van der Waals surface area contributed by atoms with Gasteiger partial charge in [-0.05, 0) is 40.2 Å². The highest BCUT2D eigenvalue weighted by Gasteiger charge is 2.45. The summed E-state index contributed by atoms with van der Waals surface area (Å²) in [6, 6.07) is 8.81. The van der Waals surface area contributed by atoms with E-state index in [0.29, 0.717) is 0 Å². The fourth-order valence-corrected chi connectivity index (χ4v) is 3.15. The van der Waals surface area contributed by atoms with E-state index in [1.54, 1.807) is 34.6 Å². The van der Waals surface area contributed by atoms with Crippen LogP contribution >= 0.6 is 0 Å². The van der Waals surface area contributed by atoms with Gasteiger partial charge in [-0.2, -0.15) is 0 Å². The summed E-state index contributed by atoms with van der Waals surface area (Å²) in [4.78, 5) is 25.6. The fourth-order valence-electron chi connectivity index (χ4n) is 3.15. The fraction of sp³-hybridized carbons (Fsp3) is 0.652. The van der Waals surface area contributed by atoms with Crippen LogP contribution in [0.5, 0.6) is 0 Å². The van der Waals surface area contributed by atoms with E-state index in [9.17, 15) is 9.59 Å². The maximum absolute atomic E-state index is 13.1. The predicted octanol–water partition coefficient (Wildman–Crippen LogP) is 3.84. The number of rotatable bonds is 8. The average molecular weight is 422 g/mol. The molecule has 0 bridgehead atoms. The van der Waals surface area contributed by atoms with Gasteiger partial charge in [-0.15, -0.1) is 0 Å². The molecule has 1 aliphatic rings. The van der Waals surface area contributed by atoms with E-state index in [0.717, 1.165) is 5.56 Å². The van der Waals surface area contributed by atoms with Gasteiger partial charge in [0, 0.05) is 5.92 Å². The van der Waals surface area contributed by atoms with Crippen molar-refractivity contribution in [3.8, 4) is 0 Å². The molecule has 30 heavy (non-hydrogen) atoms. The van der Waals surface area contributed by atoms with Crippen molar-refractivity contribution in [3.63, 3.8) is 0 Å². The number of benzene rings is 1. The van der Waals surface area contributed by atoms with E-state index in [1.807, 2.05) is 44.2 Å². The average Bonchev–Trinajstić information content (AvgIpc) is 2.99. The van der Waals surface area contributed by atoms with Crippen molar-refractivity contribution in [1.82, 2.24) is 5.32 Å². The summed E-state index contributed by atoms with van der Waals surface area (Å²) in [6.07, 6.45) is -2.11. The summed E-state index contributed by atoms with van der Waals surface area (Å²) < 4.78 is 23.2. The number of Topliss-reactive ketones (excluding diaryl/α,β-unsaturated/α-hetero) is 1. The van der Waals surface area contributed by atoms with Crippen LogP contribution in [0.2, 0.25) is 0 Å². The molecule has 0 aromatic heterocycles. The SMILES string of the molecule is CC(C)C(=O)[C@H](OCc1ccccc1)[C@@H](NC(=O)OC(C)(C)C)[C@H]1COC(C)(C)O1. The molecule has 0 unspecified atom stereocenters. The molecule has 1 heterocycles. The molecule has 1 aliphatic heterocycles. The van der Waals surface area contributed by atoms with Crippen molar-refractivity contribution in [2.24, 2.45) is 5.92 Å². The van der Waals surface area contributed by atoms with Crippen molar-refractivity contribution >= 4 is 11.9 Å². The molecule has 1 N–H and O–H groups in total. The van der Waals surface area contributed by atoms with Gasteiger partial charge in [-0.1, -0.05) is 44.2 Å². The van der Waals surface area contributed by atoms with Crippen LogP contribution in [-0.4, -0.2) is 48.1 Å². The molecule has 2 rings (SSSR count). The van der Waals surface area contributed by atoms with E-state index in [2.05, 4.69) is 5.32 Å². The highest BCUT2D eigenvalue weighted by molar-refractivity contribution is 5.86. The number of nitrogens with one attached hydrogen (secondary N) is 1. The van der Waals surface area contributed by atoms with Gasteiger partial charge in [-0.3, -0.25) is 4.79 Å². The summed E-state index contributed by atoms with van der Waals surface area (Å²) in [5.41, 5.74) is 0.252. The van der Waals surface area contributed by atoms with Gasteiger partial charge in [0.25, 0.3) is 0 Å². The summed E-state index contributed by atoms with van der Waals surface area (Å²) in [5, 5.41) is 2.81. The van der Waals surface area contributed by atoms with Gasteiger partial charge >= 0.3 is 6.09 Å². The zero-order valence-corrected chi connectivity index (χ0v) is 19.1. The molecule has 7 nitrogen and oxygen atoms in total. The quantitative estimate of drug-likeness (QED) is 0.687. The summed E-state index contributed by atoms with van der Waals surface area (Å²) in [7, 11) is 0. The Kier molecular flexibility index (Phi) is 8.02. The second-order valence-corrected chi connectivity index (χ2v) is 9.31. The zero-order valence-electron chi connectivity index (χ0n) is 19.1. The Morgan fingerprint density at radius 3 is 2.33 bits per heavy atom. The molecule has 1 fully saturated rings. The number of alkyl carbamates (subject to hydrolysis) is 1. The normalized spacial score (nSPS) is 20.6. The lowest BCUT2D eigenvalue weighted by Crippen LogP contribution is -2.57. The highest BCUT2D eigenvalue weighted by atomic mass is 16.7. The van der Waals surface area contributed by atoms with E-state index in [1.165, 1.54) is 0 Å². The second kappa shape index (κ2) is 9.90.